The Morgan fingerprint density at radius 1 is 0.688 bits per heavy atom. The summed E-state index contributed by atoms with van der Waals surface area (Å²) >= 11 is 0. The molecule has 0 unspecified atom stereocenters. The lowest BCUT2D eigenvalue weighted by molar-refractivity contribution is -0.171. The standard InChI is InChI=1S/C27H24F4O/c1-3-5-18-6-7-23-17-22(13-12-21(23)16-18)19-8-10-20(11-9-19)24-14-15-25(32-4-2)27(30,31)26(24,28)29/h6-17H,3-5H2,1-2H3. The van der Waals surface area contributed by atoms with Crippen LogP contribution in [0.25, 0.3) is 27.5 Å². The molecule has 0 bridgehead atoms. The van der Waals surface area contributed by atoms with Crippen molar-refractivity contribution < 1.29 is 22.3 Å². The Morgan fingerprint density at radius 3 is 2.00 bits per heavy atom. The van der Waals surface area contributed by atoms with Gasteiger partial charge in [0, 0.05) is 5.57 Å². The third kappa shape index (κ3) is 3.81. The number of fused-ring (bicyclic) bond motifs is 1. The molecule has 1 aliphatic carbocycles. The first kappa shape index (κ1) is 22.1. The first-order valence-electron chi connectivity index (χ1n) is 10.7. The molecule has 0 N–H and O–H groups in total. The molecule has 1 nitrogen and oxygen atoms in total. The second-order valence-electron chi connectivity index (χ2n) is 7.92. The highest BCUT2D eigenvalue weighted by Gasteiger charge is 2.63. The van der Waals surface area contributed by atoms with Crippen LogP contribution in [0.4, 0.5) is 17.6 Å². The summed E-state index contributed by atoms with van der Waals surface area (Å²) in [4.78, 5) is 0. The Morgan fingerprint density at radius 2 is 1.31 bits per heavy atom. The summed E-state index contributed by atoms with van der Waals surface area (Å²) in [5.41, 5.74) is 2.37. The molecule has 5 heteroatoms. The van der Waals surface area contributed by atoms with E-state index in [0.29, 0.717) is 0 Å². The van der Waals surface area contributed by atoms with Gasteiger partial charge in [-0.1, -0.05) is 67.9 Å². The average molecular weight is 440 g/mol. The molecule has 0 spiro atoms. The molecular weight excluding hydrogens is 416 g/mol. The van der Waals surface area contributed by atoms with Gasteiger partial charge >= 0.3 is 11.8 Å². The maximum absolute atomic E-state index is 14.7. The minimum absolute atomic E-state index is 0.0511. The number of ether oxygens (including phenoxy) is 1. The lowest BCUT2D eigenvalue weighted by Gasteiger charge is -2.32. The second kappa shape index (κ2) is 8.45. The normalized spacial score (nSPS) is 17.1. The maximum atomic E-state index is 14.7. The molecule has 0 fully saturated rings. The maximum Gasteiger partial charge on any atom is 0.370 e. The zero-order valence-electron chi connectivity index (χ0n) is 18.0. The Balaban J connectivity index is 1.65. The van der Waals surface area contributed by atoms with Gasteiger partial charge in [-0.15, -0.1) is 0 Å². The predicted octanol–water partition coefficient (Wildman–Crippen LogP) is 8.05. The number of rotatable bonds is 6. The van der Waals surface area contributed by atoms with E-state index in [0.717, 1.165) is 46.9 Å². The average Bonchev–Trinajstić information content (AvgIpc) is 2.77. The molecule has 3 aromatic rings. The highest BCUT2D eigenvalue weighted by atomic mass is 19.3. The summed E-state index contributed by atoms with van der Waals surface area (Å²) in [6, 6.07) is 18.7. The highest BCUT2D eigenvalue weighted by Crippen LogP contribution is 2.51. The smallest absolute Gasteiger partial charge is 0.370 e. The van der Waals surface area contributed by atoms with Crippen LogP contribution in [0.5, 0.6) is 0 Å². The SMILES string of the molecule is CCCc1ccc2cc(-c3ccc(C4=CC=C(OCC)C(F)(F)C4(F)F)cc3)ccc2c1. The van der Waals surface area contributed by atoms with Crippen molar-refractivity contribution in [3.05, 3.63) is 89.7 Å². The van der Waals surface area contributed by atoms with Crippen molar-refractivity contribution in [2.45, 2.75) is 38.5 Å². The van der Waals surface area contributed by atoms with Crippen LogP contribution in [-0.2, 0) is 11.2 Å². The van der Waals surface area contributed by atoms with Gasteiger partial charge in [-0.25, -0.2) is 0 Å². The fourth-order valence-corrected chi connectivity index (χ4v) is 4.03. The Bertz CT molecular complexity index is 1190. The summed E-state index contributed by atoms with van der Waals surface area (Å²) in [6.07, 6.45) is 4.06. The summed E-state index contributed by atoms with van der Waals surface area (Å²) in [7, 11) is 0. The quantitative estimate of drug-likeness (QED) is 0.352. The van der Waals surface area contributed by atoms with E-state index in [1.165, 1.54) is 24.6 Å². The van der Waals surface area contributed by atoms with Crippen molar-refractivity contribution in [3.8, 4) is 11.1 Å². The Labute approximate surface area is 185 Å². The number of hydrogen-bond acceptors (Lipinski definition) is 1. The summed E-state index contributed by atoms with van der Waals surface area (Å²) in [5, 5.41) is 2.23. The van der Waals surface area contributed by atoms with E-state index in [4.69, 9.17) is 4.74 Å². The van der Waals surface area contributed by atoms with Gasteiger partial charge in [0.05, 0.1) is 6.61 Å². The van der Waals surface area contributed by atoms with Crippen LogP contribution in [0.2, 0.25) is 0 Å². The zero-order chi connectivity index (χ0) is 22.9. The van der Waals surface area contributed by atoms with Crippen molar-refractivity contribution >= 4 is 16.3 Å². The molecule has 0 aromatic heterocycles. The molecule has 32 heavy (non-hydrogen) atoms. The first-order valence-corrected chi connectivity index (χ1v) is 10.7. The van der Waals surface area contributed by atoms with Crippen LogP contribution in [-0.4, -0.2) is 18.5 Å². The lowest BCUT2D eigenvalue weighted by Crippen LogP contribution is -2.45. The number of benzene rings is 3. The Kier molecular flexibility index (Phi) is 5.85. The van der Waals surface area contributed by atoms with Crippen molar-refractivity contribution in [3.63, 3.8) is 0 Å². The molecule has 166 valence electrons. The fraction of sp³-hybridized carbons (Fsp3) is 0.259. The molecule has 0 saturated carbocycles. The molecule has 4 rings (SSSR count). The van der Waals surface area contributed by atoms with E-state index in [-0.39, 0.29) is 12.2 Å². The third-order valence-corrected chi connectivity index (χ3v) is 5.72. The molecule has 0 atom stereocenters. The molecule has 0 heterocycles. The van der Waals surface area contributed by atoms with Crippen LogP contribution >= 0.6 is 0 Å². The van der Waals surface area contributed by atoms with Crippen molar-refractivity contribution in [1.29, 1.82) is 0 Å². The zero-order valence-corrected chi connectivity index (χ0v) is 18.0. The topological polar surface area (TPSA) is 9.23 Å². The minimum atomic E-state index is -4.40. The molecule has 0 amide bonds. The van der Waals surface area contributed by atoms with E-state index in [9.17, 15) is 17.6 Å². The molecular formula is C27H24F4O. The Hall–Kier alpha value is -3.08. The van der Waals surface area contributed by atoms with Crippen LogP contribution in [0.15, 0.2) is 78.6 Å². The highest BCUT2D eigenvalue weighted by molar-refractivity contribution is 5.88. The van der Waals surface area contributed by atoms with Gasteiger partial charge in [0.25, 0.3) is 0 Å². The van der Waals surface area contributed by atoms with Crippen LogP contribution < -0.4 is 0 Å². The molecule has 0 saturated heterocycles. The van der Waals surface area contributed by atoms with Crippen molar-refractivity contribution in [1.82, 2.24) is 0 Å². The van der Waals surface area contributed by atoms with Gasteiger partial charge in [0.2, 0.25) is 0 Å². The van der Waals surface area contributed by atoms with Gasteiger partial charge < -0.3 is 4.74 Å². The van der Waals surface area contributed by atoms with Crippen LogP contribution in [0.3, 0.4) is 0 Å². The molecule has 0 radical (unpaired) electrons. The number of alkyl halides is 4. The second-order valence-corrected chi connectivity index (χ2v) is 7.92. The summed E-state index contributed by atoms with van der Waals surface area (Å²) < 4.78 is 62.8. The molecule has 0 aliphatic heterocycles. The summed E-state index contributed by atoms with van der Waals surface area (Å²) in [6.45, 7) is 3.51. The third-order valence-electron chi connectivity index (χ3n) is 5.72. The van der Waals surface area contributed by atoms with Gasteiger partial charge in [-0.3, -0.25) is 0 Å². The molecule has 3 aromatic carbocycles. The summed E-state index contributed by atoms with van der Waals surface area (Å²) in [5.74, 6) is -9.78. The molecule has 1 aliphatic rings. The number of aryl methyl sites for hydroxylation is 1. The van der Waals surface area contributed by atoms with E-state index >= 15 is 0 Å². The number of allylic oxidation sites excluding steroid dienone is 4. The predicted molar refractivity (Wildman–Crippen MR) is 121 cm³/mol. The van der Waals surface area contributed by atoms with Gasteiger partial charge in [0.1, 0.15) is 0 Å². The van der Waals surface area contributed by atoms with Gasteiger partial charge in [-0.05, 0) is 64.6 Å². The van der Waals surface area contributed by atoms with Gasteiger partial charge in [-0.2, -0.15) is 17.6 Å². The van der Waals surface area contributed by atoms with Crippen LogP contribution in [0, 0.1) is 0 Å². The lowest BCUT2D eigenvalue weighted by atomic mass is 9.89. The van der Waals surface area contributed by atoms with E-state index < -0.39 is 23.2 Å². The van der Waals surface area contributed by atoms with E-state index in [1.807, 2.05) is 18.2 Å². The monoisotopic (exact) mass is 440 g/mol. The van der Waals surface area contributed by atoms with Crippen molar-refractivity contribution in [2.24, 2.45) is 0 Å². The van der Waals surface area contributed by atoms with E-state index in [2.05, 4.69) is 25.1 Å². The number of halogens is 4. The first-order chi connectivity index (χ1) is 15.3. The minimum Gasteiger partial charge on any atom is -0.492 e. The number of hydrogen-bond donors (Lipinski definition) is 0. The van der Waals surface area contributed by atoms with Gasteiger partial charge in [0.15, 0.2) is 5.76 Å². The van der Waals surface area contributed by atoms with Crippen molar-refractivity contribution in [2.75, 3.05) is 6.61 Å². The largest absolute Gasteiger partial charge is 0.492 e. The fourth-order valence-electron chi connectivity index (χ4n) is 4.03. The van der Waals surface area contributed by atoms with Crippen LogP contribution in [0.1, 0.15) is 31.4 Å². The van der Waals surface area contributed by atoms with E-state index in [1.54, 1.807) is 12.1 Å².